The predicted octanol–water partition coefficient (Wildman–Crippen LogP) is 3.41. The molecule has 47 heavy (non-hydrogen) atoms. The molecule has 1 unspecified atom stereocenters. The number of aromatic nitrogens is 2. The van der Waals surface area contributed by atoms with Gasteiger partial charge in [0.25, 0.3) is 5.91 Å². The Hall–Kier alpha value is -4.01. The minimum atomic E-state index is -4.61. The highest BCUT2D eigenvalue weighted by atomic mass is 19.4. The first-order chi connectivity index (χ1) is 22.2. The largest absolute Gasteiger partial charge is 0.489 e. The van der Waals surface area contributed by atoms with Crippen molar-refractivity contribution in [2.75, 3.05) is 57.5 Å². The Balaban J connectivity index is 1.32. The van der Waals surface area contributed by atoms with Crippen LogP contribution in [0, 0.1) is 5.92 Å². The number of carbonyl (C=O) groups is 2. The third kappa shape index (κ3) is 8.48. The van der Waals surface area contributed by atoms with Crippen LogP contribution in [0.5, 0.6) is 5.75 Å². The minimum absolute atomic E-state index is 0.150. The fourth-order valence-electron chi connectivity index (χ4n) is 5.67. The maximum atomic E-state index is 13.5. The minimum Gasteiger partial charge on any atom is -0.489 e. The molecule has 5 rings (SSSR count). The lowest BCUT2D eigenvalue weighted by molar-refractivity contribution is -0.139. The zero-order valence-corrected chi connectivity index (χ0v) is 26.9. The molecule has 2 aliphatic rings. The van der Waals surface area contributed by atoms with Crippen LogP contribution in [-0.4, -0.2) is 86.0 Å². The Bertz CT molecular complexity index is 1580. The summed E-state index contributed by atoms with van der Waals surface area (Å²) in [6, 6.07) is 10.5. The van der Waals surface area contributed by atoms with Crippen LogP contribution in [-0.2, 0) is 30.8 Å². The number of nitrogens with one attached hydrogen (secondary N) is 3. The van der Waals surface area contributed by atoms with Gasteiger partial charge in [-0.05, 0) is 51.5 Å². The van der Waals surface area contributed by atoms with Gasteiger partial charge < -0.3 is 35.1 Å². The Morgan fingerprint density at radius 2 is 1.85 bits per heavy atom. The average Bonchev–Trinajstić information content (AvgIpc) is 3.30. The van der Waals surface area contributed by atoms with Gasteiger partial charge in [0.05, 0.1) is 48.5 Å². The SMILES string of the molecule is CC(C)(COc1cnccc1C(F)(F)F)NC(=O)C1COCCN(c2cc(C(C)(C)NC(=O)[C@H]3CNCCO3)c3ccccc3n2)C1. The fraction of sp³-hybridized carbons (Fsp3) is 0.515. The molecule has 3 aromatic rings. The van der Waals surface area contributed by atoms with Crippen molar-refractivity contribution in [2.45, 2.75) is 51.1 Å². The summed E-state index contributed by atoms with van der Waals surface area (Å²) in [5.74, 6) is -0.941. The van der Waals surface area contributed by atoms with Gasteiger partial charge in [-0.25, -0.2) is 4.98 Å². The van der Waals surface area contributed by atoms with Gasteiger partial charge in [0.2, 0.25) is 5.91 Å². The van der Waals surface area contributed by atoms with E-state index in [1.807, 2.05) is 49.1 Å². The van der Waals surface area contributed by atoms with E-state index in [4.69, 9.17) is 19.2 Å². The van der Waals surface area contributed by atoms with Crippen molar-refractivity contribution in [3.05, 3.63) is 59.9 Å². The predicted molar refractivity (Wildman–Crippen MR) is 169 cm³/mol. The molecular weight excluding hydrogens is 617 g/mol. The highest BCUT2D eigenvalue weighted by Gasteiger charge is 2.36. The van der Waals surface area contributed by atoms with Crippen LogP contribution >= 0.6 is 0 Å². The Labute approximate surface area is 271 Å². The molecule has 2 fully saturated rings. The maximum Gasteiger partial charge on any atom is 0.420 e. The Morgan fingerprint density at radius 3 is 2.60 bits per heavy atom. The summed E-state index contributed by atoms with van der Waals surface area (Å²) in [6.07, 6.45) is -3.14. The van der Waals surface area contributed by atoms with Crippen LogP contribution in [0.2, 0.25) is 0 Å². The van der Waals surface area contributed by atoms with E-state index in [-0.39, 0.29) is 31.6 Å². The number of para-hydroxylation sites is 1. The third-order valence-corrected chi connectivity index (χ3v) is 8.13. The number of ether oxygens (including phenoxy) is 3. The van der Waals surface area contributed by atoms with E-state index in [1.165, 1.54) is 0 Å². The molecule has 1 aromatic carbocycles. The number of pyridine rings is 2. The summed E-state index contributed by atoms with van der Waals surface area (Å²) in [7, 11) is 0. The number of halogens is 3. The summed E-state index contributed by atoms with van der Waals surface area (Å²) in [4.78, 5) is 37.3. The molecule has 0 saturated carbocycles. The number of amides is 2. The number of nitrogens with zero attached hydrogens (tertiary/aromatic N) is 3. The first-order valence-corrected chi connectivity index (χ1v) is 15.6. The molecule has 11 nitrogen and oxygen atoms in total. The van der Waals surface area contributed by atoms with E-state index in [9.17, 15) is 22.8 Å². The molecule has 0 bridgehead atoms. The molecule has 2 amide bonds. The van der Waals surface area contributed by atoms with Crippen LogP contribution in [0.15, 0.2) is 48.8 Å². The van der Waals surface area contributed by atoms with Gasteiger partial charge in [-0.1, -0.05) is 18.2 Å². The van der Waals surface area contributed by atoms with Gasteiger partial charge in [-0.3, -0.25) is 14.6 Å². The van der Waals surface area contributed by atoms with Crippen molar-refractivity contribution >= 4 is 28.5 Å². The van der Waals surface area contributed by atoms with Crippen molar-refractivity contribution in [3.8, 4) is 5.75 Å². The van der Waals surface area contributed by atoms with Gasteiger partial charge in [-0.2, -0.15) is 13.2 Å². The molecular formula is C33H41F3N6O5. The zero-order valence-electron chi connectivity index (χ0n) is 26.9. The van der Waals surface area contributed by atoms with Crippen LogP contribution in [0.1, 0.15) is 38.8 Å². The van der Waals surface area contributed by atoms with Crippen LogP contribution in [0.4, 0.5) is 19.0 Å². The van der Waals surface area contributed by atoms with E-state index in [2.05, 4.69) is 20.9 Å². The van der Waals surface area contributed by atoms with Gasteiger partial charge in [0.1, 0.15) is 29.8 Å². The number of benzene rings is 1. The van der Waals surface area contributed by atoms with Crippen molar-refractivity contribution in [3.63, 3.8) is 0 Å². The molecule has 2 aromatic heterocycles. The summed E-state index contributed by atoms with van der Waals surface area (Å²) < 4.78 is 57.2. The second kappa shape index (κ2) is 14.0. The number of carbonyl (C=O) groups excluding carboxylic acids is 2. The highest BCUT2D eigenvalue weighted by Crippen LogP contribution is 2.36. The molecule has 2 saturated heterocycles. The number of fused-ring (bicyclic) bond motifs is 1. The summed E-state index contributed by atoms with van der Waals surface area (Å²) >= 11 is 0. The van der Waals surface area contributed by atoms with E-state index in [1.54, 1.807) is 13.8 Å². The van der Waals surface area contributed by atoms with E-state index >= 15 is 0 Å². The molecule has 254 valence electrons. The molecule has 0 radical (unpaired) electrons. The number of hydrogen-bond donors (Lipinski definition) is 3. The van der Waals surface area contributed by atoms with Crippen LogP contribution in [0.25, 0.3) is 10.9 Å². The number of morpholine rings is 1. The van der Waals surface area contributed by atoms with E-state index in [0.717, 1.165) is 34.9 Å². The quantitative estimate of drug-likeness (QED) is 0.317. The number of anilines is 1. The topological polar surface area (TPSA) is 127 Å². The first-order valence-electron chi connectivity index (χ1n) is 15.6. The molecule has 0 aliphatic carbocycles. The standard InChI is InChI=1S/C33H41F3N6O5/c1-31(2,20-47-26-16-37-10-9-23(26)33(34,35)36)40-29(43)21-18-42(12-14-45-19-21)28-15-24(22-7-5-6-8-25(22)39-28)32(3,4)41-30(44)27-17-38-11-13-46-27/h5-10,15-16,21,27,38H,11-14,17-20H2,1-4H3,(H,40,43)(H,41,44)/t21?,27-/m1/s1. The highest BCUT2D eigenvalue weighted by molar-refractivity contribution is 5.87. The van der Waals surface area contributed by atoms with E-state index in [0.29, 0.717) is 38.7 Å². The van der Waals surface area contributed by atoms with Gasteiger partial charge >= 0.3 is 6.18 Å². The van der Waals surface area contributed by atoms with Gasteiger partial charge in [0, 0.05) is 37.8 Å². The second-order valence-corrected chi connectivity index (χ2v) is 13.0. The van der Waals surface area contributed by atoms with Gasteiger partial charge in [-0.15, -0.1) is 0 Å². The first kappa shape index (κ1) is 34.3. The molecule has 14 heteroatoms. The molecule has 2 atom stereocenters. The summed E-state index contributed by atoms with van der Waals surface area (Å²) in [5, 5.41) is 10.1. The average molecular weight is 659 g/mol. The van der Waals surface area contributed by atoms with E-state index < -0.39 is 40.6 Å². The Morgan fingerprint density at radius 1 is 1.06 bits per heavy atom. The molecule has 3 N–H and O–H groups in total. The fourth-order valence-corrected chi connectivity index (χ4v) is 5.67. The lowest BCUT2D eigenvalue weighted by Gasteiger charge is -2.33. The molecule has 0 spiro atoms. The number of rotatable bonds is 9. The lowest BCUT2D eigenvalue weighted by atomic mass is 9.90. The summed E-state index contributed by atoms with van der Waals surface area (Å²) in [5.41, 5.74) is -1.16. The Kier molecular flexibility index (Phi) is 10.2. The van der Waals surface area contributed by atoms with Crippen molar-refractivity contribution in [1.82, 2.24) is 25.9 Å². The third-order valence-electron chi connectivity index (χ3n) is 8.13. The normalized spacial score (nSPS) is 19.6. The molecule has 2 aliphatic heterocycles. The van der Waals surface area contributed by atoms with Crippen LogP contribution in [0.3, 0.4) is 0 Å². The van der Waals surface area contributed by atoms with Gasteiger partial charge in [0.15, 0.2) is 0 Å². The number of hydrogen-bond acceptors (Lipinski definition) is 9. The number of alkyl halides is 3. The lowest BCUT2D eigenvalue weighted by Crippen LogP contribution is -2.52. The monoisotopic (exact) mass is 658 g/mol. The van der Waals surface area contributed by atoms with Crippen molar-refractivity contribution < 1.29 is 37.0 Å². The summed E-state index contributed by atoms with van der Waals surface area (Å²) in [6.45, 7) is 9.83. The molecule has 4 heterocycles. The smallest absolute Gasteiger partial charge is 0.420 e. The van der Waals surface area contributed by atoms with Crippen LogP contribution < -0.4 is 25.6 Å². The van der Waals surface area contributed by atoms with Crippen molar-refractivity contribution in [2.24, 2.45) is 5.92 Å². The van der Waals surface area contributed by atoms with Crippen molar-refractivity contribution in [1.29, 1.82) is 0 Å². The zero-order chi connectivity index (χ0) is 33.8. The second-order valence-electron chi connectivity index (χ2n) is 13.0. The maximum absolute atomic E-state index is 13.5.